The fraction of sp³-hybridized carbons (Fsp3) is 0.0263. The second-order valence-electron chi connectivity index (χ2n) is 10.1. The number of imidazole rings is 1. The van der Waals surface area contributed by atoms with Crippen molar-refractivity contribution in [2.75, 3.05) is 0 Å². The molecule has 0 amide bonds. The number of rotatable bonds is 6. The molecule has 0 aliphatic heterocycles. The van der Waals surface area contributed by atoms with Gasteiger partial charge >= 0.3 is 0 Å². The summed E-state index contributed by atoms with van der Waals surface area (Å²) in [6, 6.07) is 42.6. The van der Waals surface area contributed by atoms with Crippen LogP contribution < -0.4 is 0 Å². The molecule has 0 aliphatic rings. The molecule has 0 bridgehead atoms. The second-order valence-corrected chi connectivity index (χ2v) is 10.1. The lowest BCUT2D eigenvalue weighted by atomic mass is 9.99. The highest BCUT2D eigenvalue weighted by Crippen LogP contribution is 2.36. The summed E-state index contributed by atoms with van der Waals surface area (Å²) >= 11 is 0. The average Bonchev–Trinajstić information content (AvgIpc) is 3.58. The first-order chi connectivity index (χ1) is 20.3. The molecule has 0 atom stereocenters. The molecule has 0 aliphatic carbocycles. The molecule has 0 radical (unpaired) electrons. The maximum Gasteiger partial charge on any atom is 0.137 e. The van der Waals surface area contributed by atoms with Crippen molar-refractivity contribution in [1.29, 1.82) is 0 Å². The Morgan fingerprint density at radius 1 is 0.683 bits per heavy atom. The molecule has 0 N–H and O–H groups in total. The van der Waals surface area contributed by atoms with Crippen LogP contribution in [0.25, 0.3) is 68.0 Å². The smallest absolute Gasteiger partial charge is 0.137 e. The molecular weight excluding hydrogens is 498 g/mol. The molecule has 196 valence electrons. The third kappa shape index (κ3) is 4.19. The van der Waals surface area contributed by atoms with E-state index in [2.05, 4.69) is 150 Å². The standard InChI is InChI=1S/C38H29N3/c1-3-14-32-33-21-8-9-22-35(33)41(34(32)4-2)31-20-13-18-29(26-31)28-17-12-19-30(25-28)38-37(27-15-6-5-7-16-27)39-36-23-10-11-24-40(36)38/h3-26H,2H2,1H3/b14-3-. The predicted octanol–water partition coefficient (Wildman–Crippen LogP) is 9.96. The monoisotopic (exact) mass is 527 g/mol. The van der Waals surface area contributed by atoms with Crippen LogP contribution in [-0.4, -0.2) is 14.0 Å². The lowest BCUT2D eigenvalue weighted by molar-refractivity contribution is 1.11. The maximum atomic E-state index is 5.03. The van der Waals surface area contributed by atoms with Gasteiger partial charge in [-0.25, -0.2) is 4.98 Å². The van der Waals surface area contributed by atoms with E-state index < -0.39 is 0 Å². The number of benzene rings is 4. The Morgan fingerprint density at radius 3 is 2.22 bits per heavy atom. The Morgan fingerprint density at radius 2 is 1.39 bits per heavy atom. The van der Waals surface area contributed by atoms with Crippen molar-refractivity contribution in [3.8, 4) is 39.3 Å². The third-order valence-corrected chi connectivity index (χ3v) is 7.63. The van der Waals surface area contributed by atoms with Gasteiger partial charge in [0.2, 0.25) is 0 Å². The molecule has 0 spiro atoms. The van der Waals surface area contributed by atoms with E-state index in [0.29, 0.717) is 0 Å². The topological polar surface area (TPSA) is 22.2 Å². The van der Waals surface area contributed by atoms with Gasteiger partial charge in [0.05, 0.1) is 22.6 Å². The predicted molar refractivity (Wildman–Crippen MR) is 173 cm³/mol. The molecular formula is C38H29N3. The average molecular weight is 528 g/mol. The van der Waals surface area contributed by atoms with Gasteiger partial charge in [-0.1, -0.05) is 104 Å². The first kappa shape index (κ1) is 24.6. The summed E-state index contributed by atoms with van der Waals surface area (Å²) in [5, 5.41) is 1.22. The largest absolute Gasteiger partial charge is 0.309 e. The van der Waals surface area contributed by atoms with Crippen molar-refractivity contribution in [1.82, 2.24) is 14.0 Å². The second kappa shape index (κ2) is 10.3. The molecule has 3 nitrogen and oxygen atoms in total. The summed E-state index contributed by atoms with van der Waals surface area (Å²) in [6.07, 6.45) is 8.31. The van der Waals surface area contributed by atoms with Crippen LogP contribution in [0.2, 0.25) is 0 Å². The van der Waals surface area contributed by atoms with Gasteiger partial charge in [0.15, 0.2) is 0 Å². The van der Waals surface area contributed by atoms with Crippen molar-refractivity contribution in [3.63, 3.8) is 0 Å². The van der Waals surface area contributed by atoms with Crippen molar-refractivity contribution in [2.45, 2.75) is 6.92 Å². The number of aromatic nitrogens is 3. The zero-order valence-corrected chi connectivity index (χ0v) is 22.9. The molecule has 7 rings (SSSR count). The number of fused-ring (bicyclic) bond motifs is 2. The highest BCUT2D eigenvalue weighted by Gasteiger charge is 2.17. The summed E-state index contributed by atoms with van der Waals surface area (Å²) in [7, 11) is 0. The number of hydrogen-bond acceptors (Lipinski definition) is 1. The van der Waals surface area contributed by atoms with Crippen molar-refractivity contribution in [2.24, 2.45) is 0 Å². The fourth-order valence-electron chi connectivity index (χ4n) is 5.85. The van der Waals surface area contributed by atoms with Gasteiger partial charge in [0.25, 0.3) is 0 Å². The minimum absolute atomic E-state index is 0.933. The van der Waals surface area contributed by atoms with E-state index in [-0.39, 0.29) is 0 Å². The molecule has 4 aromatic carbocycles. The Hall–Kier alpha value is -5.41. The van der Waals surface area contributed by atoms with Crippen LogP contribution in [0.3, 0.4) is 0 Å². The molecule has 41 heavy (non-hydrogen) atoms. The Bertz CT molecular complexity index is 2070. The quantitative estimate of drug-likeness (QED) is 0.211. The molecule has 7 aromatic rings. The summed E-state index contributed by atoms with van der Waals surface area (Å²) in [5.74, 6) is 0. The van der Waals surface area contributed by atoms with Gasteiger partial charge in [-0.15, -0.1) is 0 Å². The van der Waals surface area contributed by atoms with Gasteiger partial charge in [0.1, 0.15) is 5.65 Å². The van der Waals surface area contributed by atoms with Gasteiger partial charge in [-0.2, -0.15) is 0 Å². The van der Waals surface area contributed by atoms with Crippen molar-refractivity contribution < 1.29 is 0 Å². The Kier molecular flexibility index (Phi) is 6.18. The van der Waals surface area contributed by atoms with E-state index >= 15 is 0 Å². The number of nitrogens with zero attached hydrogens (tertiary/aromatic N) is 3. The number of para-hydroxylation sites is 1. The van der Waals surface area contributed by atoms with E-state index in [0.717, 1.165) is 50.7 Å². The summed E-state index contributed by atoms with van der Waals surface area (Å²) in [6.45, 7) is 6.23. The fourth-order valence-corrected chi connectivity index (χ4v) is 5.85. The van der Waals surface area contributed by atoms with E-state index in [1.807, 2.05) is 18.2 Å². The molecule has 3 heteroatoms. The number of allylic oxidation sites excluding steroid dienone is 1. The van der Waals surface area contributed by atoms with Crippen molar-refractivity contribution in [3.05, 3.63) is 151 Å². The summed E-state index contributed by atoms with van der Waals surface area (Å²) in [4.78, 5) is 5.03. The highest BCUT2D eigenvalue weighted by atomic mass is 15.0. The van der Waals surface area contributed by atoms with Crippen LogP contribution in [0.15, 0.2) is 140 Å². The van der Waals surface area contributed by atoms with Gasteiger partial charge in [-0.05, 0) is 60.5 Å². The molecule has 3 heterocycles. The third-order valence-electron chi connectivity index (χ3n) is 7.63. The normalized spacial score (nSPS) is 11.5. The Balaban J connectivity index is 1.39. The number of hydrogen-bond donors (Lipinski definition) is 0. The molecule has 0 saturated carbocycles. The first-order valence-corrected chi connectivity index (χ1v) is 13.9. The molecule has 0 unspecified atom stereocenters. The Labute approximate surface area is 240 Å². The van der Waals surface area contributed by atoms with Gasteiger partial charge in [-0.3, -0.25) is 4.40 Å². The van der Waals surface area contributed by atoms with E-state index in [1.165, 1.54) is 16.5 Å². The van der Waals surface area contributed by atoms with Gasteiger partial charge in [0, 0.05) is 34.0 Å². The van der Waals surface area contributed by atoms with E-state index in [9.17, 15) is 0 Å². The maximum absolute atomic E-state index is 5.03. The van der Waals surface area contributed by atoms with Gasteiger partial charge < -0.3 is 4.57 Å². The SMILES string of the molecule is C=Cc1c(/C=C\C)c2ccccc2n1-c1cccc(-c2cccc(-c3c(-c4ccccc4)nc4ccccn34)c2)c1. The molecule has 3 aromatic heterocycles. The lowest BCUT2D eigenvalue weighted by Gasteiger charge is -2.12. The van der Waals surface area contributed by atoms with Crippen LogP contribution in [0.5, 0.6) is 0 Å². The van der Waals surface area contributed by atoms with Crippen LogP contribution in [0.4, 0.5) is 0 Å². The minimum Gasteiger partial charge on any atom is -0.309 e. The molecule has 0 saturated heterocycles. The zero-order valence-electron chi connectivity index (χ0n) is 22.9. The van der Waals surface area contributed by atoms with E-state index in [1.54, 1.807) is 0 Å². The van der Waals surface area contributed by atoms with Crippen LogP contribution in [0, 0.1) is 0 Å². The summed E-state index contributed by atoms with van der Waals surface area (Å²) < 4.78 is 4.49. The lowest BCUT2D eigenvalue weighted by Crippen LogP contribution is -1.97. The van der Waals surface area contributed by atoms with Crippen LogP contribution in [0.1, 0.15) is 18.2 Å². The zero-order chi connectivity index (χ0) is 27.8. The molecule has 0 fully saturated rings. The van der Waals surface area contributed by atoms with Crippen LogP contribution >= 0.6 is 0 Å². The minimum atomic E-state index is 0.933. The first-order valence-electron chi connectivity index (χ1n) is 13.9. The van der Waals surface area contributed by atoms with Crippen molar-refractivity contribution >= 4 is 28.7 Å². The van der Waals surface area contributed by atoms with Crippen LogP contribution in [-0.2, 0) is 0 Å². The van der Waals surface area contributed by atoms with E-state index in [4.69, 9.17) is 4.98 Å². The number of pyridine rings is 1. The summed E-state index contributed by atoms with van der Waals surface area (Å²) in [5.41, 5.74) is 12.1. The highest BCUT2D eigenvalue weighted by molar-refractivity contribution is 5.95.